The number of hydrogen-bond donors (Lipinski definition) is 1. The topological polar surface area (TPSA) is 49.4 Å². The Labute approximate surface area is 93.9 Å². The van der Waals surface area contributed by atoms with Gasteiger partial charge >= 0.3 is 0 Å². The second-order valence-corrected chi connectivity index (χ2v) is 5.58. The van der Waals surface area contributed by atoms with Crippen LogP contribution in [0, 0.1) is 0 Å². The lowest BCUT2D eigenvalue weighted by Crippen LogP contribution is -2.43. The highest BCUT2D eigenvalue weighted by Gasteiger charge is 2.32. The largest absolute Gasteiger partial charge is 0.323 e. The van der Waals surface area contributed by atoms with Crippen molar-refractivity contribution < 1.29 is 9.00 Å². The molecule has 5 heteroatoms. The van der Waals surface area contributed by atoms with Crippen LogP contribution in [0.2, 0.25) is 0 Å². The van der Waals surface area contributed by atoms with E-state index in [0.717, 1.165) is 12.8 Å². The number of amides is 1. The van der Waals surface area contributed by atoms with Crippen LogP contribution in [-0.2, 0) is 15.6 Å². The monoisotopic (exact) mass is 232 g/mol. The van der Waals surface area contributed by atoms with Crippen LogP contribution >= 0.6 is 0 Å². The summed E-state index contributed by atoms with van der Waals surface area (Å²) in [5.74, 6) is 0.831. The summed E-state index contributed by atoms with van der Waals surface area (Å²) < 4.78 is 11.0. The smallest absolute Gasteiger partial charge is 0.238 e. The van der Waals surface area contributed by atoms with Crippen LogP contribution in [0.4, 0.5) is 0 Å². The summed E-state index contributed by atoms with van der Waals surface area (Å²) in [6.45, 7) is 4.53. The molecule has 0 radical (unpaired) electrons. The summed E-state index contributed by atoms with van der Waals surface area (Å²) in [6, 6.07) is 0.182. The summed E-state index contributed by atoms with van der Waals surface area (Å²) in [4.78, 5) is 13.5. The first-order chi connectivity index (χ1) is 7.06. The van der Waals surface area contributed by atoms with Gasteiger partial charge in [0.2, 0.25) is 5.91 Å². The molecule has 1 N–H and O–H groups in total. The number of carbonyl (C=O) groups is 1. The molecule has 0 spiro atoms. The highest BCUT2D eigenvalue weighted by molar-refractivity contribution is 7.84. The summed E-state index contributed by atoms with van der Waals surface area (Å²) in [7, 11) is -0.769. The zero-order valence-corrected chi connectivity index (χ0v) is 10.5. The Morgan fingerprint density at radius 1 is 1.67 bits per heavy atom. The van der Waals surface area contributed by atoms with Gasteiger partial charge in [-0.1, -0.05) is 6.92 Å². The van der Waals surface area contributed by atoms with E-state index in [1.807, 2.05) is 11.8 Å². The number of hydrogen-bond acceptors (Lipinski definition) is 3. The molecule has 0 aromatic heterocycles. The van der Waals surface area contributed by atoms with Gasteiger partial charge < -0.3 is 4.90 Å². The van der Waals surface area contributed by atoms with Crippen LogP contribution < -0.4 is 5.32 Å². The fraction of sp³-hybridized carbons (Fsp3) is 0.900. The third-order valence-electron chi connectivity index (χ3n) is 2.80. The molecular formula is C10H20N2O2S. The highest BCUT2D eigenvalue weighted by Crippen LogP contribution is 2.15. The maximum Gasteiger partial charge on any atom is 0.238 e. The van der Waals surface area contributed by atoms with Crippen LogP contribution in [0.1, 0.15) is 26.7 Å². The molecule has 3 unspecified atom stereocenters. The molecule has 1 amide bonds. The van der Waals surface area contributed by atoms with E-state index in [2.05, 4.69) is 12.2 Å². The number of carbonyl (C=O) groups excluding carboxylic acids is 1. The van der Waals surface area contributed by atoms with Gasteiger partial charge in [-0.05, 0) is 19.8 Å². The van der Waals surface area contributed by atoms with Crippen molar-refractivity contribution in [2.45, 2.75) is 38.9 Å². The van der Waals surface area contributed by atoms with Gasteiger partial charge in [0.25, 0.3) is 0 Å². The van der Waals surface area contributed by atoms with Gasteiger partial charge in [-0.3, -0.25) is 14.3 Å². The number of nitrogens with zero attached hydrogens (tertiary/aromatic N) is 1. The van der Waals surface area contributed by atoms with Gasteiger partial charge in [0, 0.05) is 28.9 Å². The van der Waals surface area contributed by atoms with Crippen LogP contribution in [0.15, 0.2) is 0 Å². The van der Waals surface area contributed by atoms with Crippen molar-refractivity contribution in [3.05, 3.63) is 0 Å². The minimum atomic E-state index is -0.769. The van der Waals surface area contributed by atoms with E-state index in [9.17, 15) is 9.00 Å². The Balaban J connectivity index is 2.52. The number of rotatable bonds is 5. The van der Waals surface area contributed by atoms with Crippen molar-refractivity contribution in [1.82, 2.24) is 10.2 Å². The molecule has 1 aliphatic heterocycles. The molecule has 0 aromatic rings. The van der Waals surface area contributed by atoms with Crippen molar-refractivity contribution in [3.63, 3.8) is 0 Å². The molecule has 4 nitrogen and oxygen atoms in total. The fourth-order valence-electron chi connectivity index (χ4n) is 1.94. The van der Waals surface area contributed by atoms with Crippen LogP contribution in [-0.4, -0.2) is 45.8 Å². The first-order valence-electron chi connectivity index (χ1n) is 5.40. The van der Waals surface area contributed by atoms with Gasteiger partial charge in [-0.15, -0.1) is 0 Å². The lowest BCUT2D eigenvalue weighted by atomic mass is 10.2. The van der Waals surface area contributed by atoms with Gasteiger partial charge in [0.05, 0.1) is 12.7 Å². The molecule has 88 valence electrons. The molecule has 1 aliphatic rings. The average molecular weight is 232 g/mol. The molecule has 0 aliphatic carbocycles. The van der Waals surface area contributed by atoms with Crippen molar-refractivity contribution in [1.29, 1.82) is 0 Å². The Kier molecular flexibility index (Phi) is 4.73. The Morgan fingerprint density at radius 3 is 2.87 bits per heavy atom. The Morgan fingerprint density at radius 2 is 2.33 bits per heavy atom. The second-order valence-electron chi connectivity index (χ2n) is 4.02. The molecule has 1 rings (SSSR count). The second kappa shape index (κ2) is 5.61. The maximum absolute atomic E-state index is 11.6. The molecule has 1 heterocycles. The molecule has 0 bridgehead atoms. The predicted molar refractivity (Wildman–Crippen MR) is 61.9 cm³/mol. The van der Waals surface area contributed by atoms with Crippen molar-refractivity contribution in [2.24, 2.45) is 0 Å². The molecular weight excluding hydrogens is 212 g/mol. The van der Waals surface area contributed by atoms with E-state index >= 15 is 0 Å². The maximum atomic E-state index is 11.6. The standard InChI is InChI=1S/C10H20N2O2S/c1-4-9-11-7-10(13)12(9)8(2)5-6-15(3)14/h8-9,11H,4-7H2,1-3H3. The summed E-state index contributed by atoms with van der Waals surface area (Å²) >= 11 is 0. The van der Waals surface area contributed by atoms with Crippen molar-refractivity contribution in [2.75, 3.05) is 18.6 Å². The molecule has 1 saturated heterocycles. The molecule has 1 fully saturated rings. The van der Waals surface area contributed by atoms with Crippen molar-refractivity contribution >= 4 is 16.7 Å². The minimum absolute atomic E-state index is 0.163. The van der Waals surface area contributed by atoms with E-state index in [1.165, 1.54) is 0 Å². The van der Waals surface area contributed by atoms with Gasteiger partial charge in [-0.2, -0.15) is 0 Å². The quantitative estimate of drug-likeness (QED) is 0.742. The van der Waals surface area contributed by atoms with Crippen LogP contribution in [0.25, 0.3) is 0 Å². The van der Waals surface area contributed by atoms with E-state index in [4.69, 9.17) is 0 Å². The first-order valence-corrected chi connectivity index (χ1v) is 7.13. The SMILES string of the molecule is CCC1NCC(=O)N1C(C)CCS(C)=O. The number of nitrogens with one attached hydrogen (secondary N) is 1. The zero-order valence-electron chi connectivity index (χ0n) is 9.66. The highest BCUT2D eigenvalue weighted by atomic mass is 32.2. The lowest BCUT2D eigenvalue weighted by Gasteiger charge is -2.29. The van der Waals surface area contributed by atoms with E-state index in [0.29, 0.717) is 12.3 Å². The first kappa shape index (κ1) is 12.6. The van der Waals surface area contributed by atoms with Gasteiger partial charge in [0.1, 0.15) is 0 Å². The van der Waals surface area contributed by atoms with E-state index in [1.54, 1.807) is 6.26 Å². The van der Waals surface area contributed by atoms with Crippen molar-refractivity contribution in [3.8, 4) is 0 Å². The molecule has 0 saturated carbocycles. The van der Waals surface area contributed by atoms with Crippen LogP contribution in [0.3, 0.4) is 0 Å². The van der Waals surface area contributed by atoms with Gasteiger partial charge in [-0.25, -0.2) is 0 Å². The average Bonchev–Trinajstić information content (AvgIpc) is 2.56. The van der Waals surface area contributed by atoms with E-state index < -0.39 is 10.8 Å². The molecule has 3 atom stereocenters. The van der Waals surface area contributed by atoms with Crippen LogP contribution in [0.5, 0.6) is 0 Å². The van der Waals surface area contributed by atoms with Gasteiger partial charge in [0.15, 0.2) is 0 Å². The summed E-state index contributed by atoms with van der Waals surface area (Å²) in [6.07, 6.45) is 3.60. The van der Waals surface area contributed by atoms with E-state index in [-0.39, 0.29) is 18.1 Å². The zero-order chi connectivity index (χ0) is 11.4. The minimum Gasteiger partial charge on any atom is -0.323 e. The third-order valence-corrected chi connectivity index (χ3v) is 3.61. The summed E-state index contributed by atoms with van der Waals surface area (Å²) in [5, 5.41) is 3.18. The Bertz CT molecular complexity index is 258. The normalized spacial score (nSPS) is 25.7. The third kappa shape index (κ3) is 3.28. The molecule has 15 heavy (non-hydrogen) atoms. The Hall–Kier alpha value is -0.420. The molecule has 0 aromatic carbocycles. The lowest BCUT2D eigenvalue weighted by molar-refractivity contribution is -0.130. The summed E-state index contributed by atoms with van der Waals surface area (Å²) in [5.41, 5.74) is 0. The predicted octanol–water partition coefficient (Wildman–Crippen LogP) is 0.311. The fourth-order valence-corrected chi connectivity index (χ4v) is 2.61.